The number of aromatic nitrogens is 2. The summed E-state index contributed by atoms with van der Waals surface area (Å²) in [5, 5.41) is 8.59. The highest BCUT2D eigenvalue weighted by molar-refractivity contribution is 5.77. The summed E-state index contributed by atoms with van der Waals surface area (Å²) in [5.74, 6) is 0.984. The van der Waals surface area contributed by atoms with Gasteiger partial charge in [0, 0.05) is 32.6 Å². The van der Waals surface area contributed by atoms with Gasteiger partial charge in [-0.25, -0.2) is 4.79 Å². The molecule has 0 bridgehead atoms. The van der Waals surface area contributed by atoms with E-state index in [9.17, 15) is 4.79 Å². The number of carbonyl (C=O) groups is 1. The first-order valence-electron chi connectivity index (χ1n) is 8.79. The van der Waals surface area contributed by atoms with Gasteiger partial charge in [-0.1, -0.05) is 18.2 Å². The van der Waals surface area contributed by atoms with E-state index >= 15 is 0 Å². The summed E-state index contributed by atoms with van der Waals surface area (Å²) in [7, 11) is 3.45. The number of hydrogen-bond acceptors (Lipinski definition) is 4. The van der Waals surface area contributed by atoms with Crippen LogP contribution in [0.15, 0.2) is 40.8 Å². The molecule has 0 unspecified atom stereocenters. The number of para-hydroxylation sites is 1. The van der Waals surface area contributed by atoms with Gasteiger partial charge in [0.1, 0.15) is 11.3 Å². The van der Waals surface area contributed by atoms with Crippen molar-refractivity contribution in [2.75, 3.05) is 20.6 Å². The van der Waals surface area contributed by atoms with Crippen LogP contribution in [0.3, 0.4) is 0 Å². The van der Waals surface area contributed by atoms with Crippen LogP contribution in [0.2, 0.25) is 0 Å². The van der Waals surface area contributed by atoms with Gasteiger partial charge in [0.2, 0.25) is 0 Å². The van der Waals surface area contributed by atoms with Crippen LogP contribution in [0.4, 0.5) is 4.79 Å². The molecule has 0 saturated carbocycles. The first-order valence-corrected chi connectivity index (χ1v) is 8.79. The van der Waals surface area contributed by atoms with Crippen molar-refractivity contribution in [2.24, 2.45) is 0 Å². The largest absolute Gasteiger partial charge is 0.460 e. The highest BCUT2D eigenvalue weighted by Crippen LogP contribution is 2.22. The highest BCUT2D eigenvalue weighted by atomic mass is 16.3. The third-order valence-corrected chi connectivity index (χ3v) is 4.61. The molecule has 136 valence electrons. The third kappa shape index (κ3) is 3.43. The summed E-state index contributed by atoms with van der Waals surface area (Å²) < 4.78 is 7.97. The van der Waals surface area contributed by atoms with Gasteiger partial charge in [-0.3, -0.25) is 9.58 Å². The number of nitrogens with one attached hydrogen (secondary N) is 1. The first kappa shape index (κ1) is 16.7. The van der Waals surface area contributed by atoms with Crippen molar-refractivity contribution < 1.29 is 9.21 Å². The summed E-state index contributed by atoms with van der Waals surface area (Å²) >= 11 is 0. The molecular weight excluding hydrogens is 330 g/mol. The molecule has 2 amide bonds. The van der Waals surface area contributed by atoms with Crippen molar-refractivity contribution in [3.63, 3.8) is 0 Å². The van der Waals surface area contributed by atoms with Crippen LogP contribution >= 0.6 is 0 Å². The fourth-order valence-electron chi connectivity index (χ4n) is 3.26. The summed E-state index contributed by atoms with van der Waals surface area (Å²) in [4.78, 5) is 15.5. The number of rotatable bonds is 4. The molecule has 0 fully saturated rings. The molecule has 0 aliphatic carbocycles. The summed E-state index contributed by atoms with van der Waals surface area (Å²) in [6.07, 6.45) is 0. The van der Waals surface area contributed by atoms with Crippen molar-refractivity contribution in [3.8, 4) is 0 Å². The standard InChI is InChI=1S/C19H23N5O2/c1-22(2)19(25)20-11-15-10-16-12-23(7-8-24(16)21-15)13-17-9-14-5-3-4-6-18(14)26-17/h3-6,9-10H,7-8,11-13H2,1-2H3,(H,20,25). The molecule has 1 aromatic carbocycles. The molecule has 1 N–H and O–H groups in total. The second-order valence-electron chi connectivity index (χ2n) is 6.86. The quantitative estimate of drug-likeness (QED) is 0.782. The predicted molar refractivity (Wildman–Crippen MR) is 98.5 cm³/mol. The first-order chi connectivity index (χ1) is 12.6. The summed E-state index contributed by atoms with van der Waals surface area (Å²) in [5.41, 5.74) is 2.99. The average Bonchev–Trinajstić information content (AvgIpc) is 3.21. The van der Waals surface area contributed by atoms with E-state index in [1.807, 2.05) is 22.9 Å². The van der Waals surface area contributed by atoms with Crippen LogP contribution < -0.4 is 5.32 Å². The van der Waals surface area contributed by atoms with E-state index in [1.54, 1.807) is 14.1 Å². The molecule has 3 heterocycles. The highest BCUT2D eigenvalue weighted by Gasteiger charge is 2.20. The van der Waals surface area contributed by atoms with Crippen LogP contribution in [-0.4, -0.2) is 46.3 Å². The molecule has 1 aliphatic heterocycles. The molecule has 0 atom stereocenters. The van der Waals surface area contributed by atoms with E-state index in [0.29, 0.717) is 6.54 Å². The number of furan rings is 1. The summed E-state index contributed by atoms with van der Waals surface area (Å²) in [6, 6.07) is 12.2. The molecular formula is C19H23N5O2. The zero-order chi connectivity index (χ0) is 18.1. The van der Waals surface area contributed by atoms with Crippen molar-refractivity contribution in [1.82, 2.24) is 24.9 Å². The molecule has 0 radical (unpaired) electrons. The van der Waals surface area contributed by atoms with Crippen LogP contribution in [0.5, 0.6) is 0 Å². The zero-order valence-electron chi connectivity index (χ0n) is 15.1. The van der Waals surface area contributed by atoms with Gasteiger partial charge in [-0.15, -0.1) is 0 Å². The summed E-state index contributed by atoms with van der Waals surface area (Å²) in [6.45, 7) is 3.82. The lowest BCUT2D eigenvalue weighted by Crippen LogP contribution is -2.34. The average molecular weight is 353 g/mol. The molecule has 0 saturated heterocycles. The van der Waals surface area contributed by atoms with Crippen LogP contribution in [-0.2, 0) is 26.2 Å². The Morgan fingerprint density at radius 1 is 1.27 bits per heavy atom. The lowest BCUT2D eigenvalue weighted by molar-refractivity contribution is 0.192. The number of amides is 2. The Morgan fingerprint density at radius 3 is 2.92 bits per heavy atom. The van der Waals surface area contributed by atoms with Crippen molar-refractivity contribution in [1.29, 1.82) is 0 Å². The van der Waals surface area contributed by atoms with Gasteiger partial charge in [0.15, 0.2) is 0 Å². The van der Waals surface area contributed by atoms with Crippen LogP contribution in [0, 0.1) is 0 Å². The number of hydrogen-bond donors (Lipinski definition) is 1. The molecule has 3 aromatic rings. The van der Waals surface area contributed by atoms with Gasteiger partial charge in [0.25, 0.3) is 0 Å². The van der Waals surface area contributed by atoms with Gasteiger partial charge in [-0.2, -0.15) is 5.10 Å². The third-order valence-electron chi connectivity index (χ3n) is 4.61. The normalized spacial score (nSPS) is 14.4. The second kappa shape index (κ2) is 6.84. The van der Waals surface area contributed by atoms with Crippen molar-refractivity contribution in [2.45, 2.75) is 26.2 Å². The van der Waals surface area contributed by atoms with E-state index in [-0.39, 0.29) is 6.03 Å². The van der Waals surface area contributed by atoms with E-state index < -0.39 is 0 Å². The van der Waals surface area contributed by atoms with Gasteiger partial charge in [0.05, 0.1) is 31.0 Å². The Morgan fingerprint density at radius 2 is 2.12 bits per heavy atom. The van der Waals surface area contributed by atoms with E-state index in [2.05, 4.69) is 33.5 Å². The molecule has 7 heteroatoms. The van der Waals surface area contributed by atoms with Crippen LogP contribution in [0.1, 0.15) is 17.1 Å². The van der Waals surface area contributed by atoms with E-state index in [4.69, 9.17) is 4.42 Å². The zero-order valence-corrected chi connectivity index (χ0v) is 15.1. The fourth-order valence-corrected chi connectivity index (χ4v) is 3.26. The molecule has 2 aromatic heterocycles. The van der Waals surface area contributed by atoms with Crippen molar-refractivity contribution >= 4 is 17.0 Å². The lowest BCUT2D eigenvalue weighted by atomic mass is 10.2. The Bertz CT molecular complexity index is 894. The smallest absolute Gasteiger partial charge is 0.317 e. The Hall–Kier alpha value is -2.80. The minimum Gasteiger partial charge on any atom is -0.460 e. The maximum Gasteiger partial charge on any atom is 0.317 e. The number of fused-ring (bicyclic) bond motifs is 2. The molecule has 1 aliphatic rings. The predicted octanol–water partition coefficient (Wildman–Crippen LogP) is 2.42. The topological polar surface area (TPSA) is 66.5 Å². The molecule has 0 spiro atoms. The van der Waals surface area contributed by atoms with Gasteiger partial charge in [-0.05, 0) is 18.2 Å². The minimum atomic E-state index is -0.109. The van der Waals surface area contributed by atoms with Crippen LogP contribution in [0.25, 0.3) is 11.0 Å². The molecule has 7 nitrogen and oxygen atoms in total. The monoisotopic (exact) mass is 353 g/mol. The second-order valence-corrected chi connectivity index (χ2v) is 6.86. The maximum atomic E-state index is 11.7. The Balaban J connectivity index is 1.40. The molecule has 4 rings (SSSR count). The molecule has 26 heavy (non-hydrogen) atoms. The number of nitrogens with zero attached hydrogens (tertiary/aromatic N) is 4. The SMILES string of the molecule is CN(C)C(=O)NCc1cc2n(n1)CCN(Cc1cc3ccccc3o1)C2. The van der Waals surface area contributed by atoms with Gasteiger partial charge < -0.3 is 14.6 Å². The van der Waals surface area contributed by atoms with Gasteiger partial charge >= 0.3 is 6.03 Å². The number of carbonyl (C=O) groups excluding carboxylic acids is 1. The Labute approximate surface area is 152 Å². The number of benzene rings is 1. The van der Waals surface area contributed by atoms with E-state index in [1.165, 1.54) is 10.6 Å². The Kier molecular flexibility index (Phi) is 4.38. The van der Waals surface area contributed by atoms with E-state index in [0.717, 1.165) is 48.6 Å². The number of urea groups is 1. The lowest BCUT2D eigenvalue weighted by Gasteiger charge is -2.26. The fraction of sp³-hybridized carbons (Fsp3) is 0.368. The maximum absolute atomic E-state index is 11.7. The minimum absolute atomic E-state index is 0.109. The van der Waals surface area contributed by atoms with Crippen molar-refractivity contribution in [3.05, 3.63) is 53.5 Å².